The molecule has 0 heterocycles. The van der Waals surface area contributed by atoms with Gasteiger partial charge in [-0.3, -0.25) is 4.99 Å². The third kappa shape index (κ3) is 9.45. The number of hydrogen-bond donors (Lipinski definition) is 2. The van der Waals surface area contributed by atoms with Crippen molar-refractivity contribution in [1.29, 1.82) is 0 Å². The normalized spacial score (nSPS) is 12.3. The van der Waals surface area contributed by atoms with E-state index in [0.717, 1.165) is 23.8 Å². The number of aliphatic imine (C=N–C) groups is 1. The topological polar surface area (TPSA) is 58.1 Å². The van der Waals surface area contributed by atoms with E-state index < -0.39 is 0 Å². The molecule has 0 aliphatic rings. The van der Waals surface area contributed by atoms with Gasteiger partial charge >= 0.3 is 0 Å². The quantitative estimate of drug-likeness (QED) is 0.195. The molecule has 6 nitrogen and oxygen atoms in total. The lowest BCUT2D eigenvalue weighted by molar-refractivity contribution is 0.110. The van der Waals surface area contributed by atoms with Gasteiger partial charge in [0.05, 0.1) is 12.6 Å². The Balaban J connectivity index is 0.00000480. The van der Waals surface area contributed by atoms with Crippen molar-refractivity contribution in [3.05, 3.63) is 65.2 Å². The second kappa shape index (κ2) is 15.0. The first kappa shape index (κ1) is 27.2. The molecule has 2 N–H and O–H groups in total. The second-order valence-corrected chi connectivity index (χ2v) is 7.35. The Bertz CT molecular complexity index is 784. The summed E-state index contributed by atoms with van der Waals surface area (Å²) in [6.07, 6.45) is 0. The number of hydrogen-bond acceptors (Lipinski definition) is 4. The number of rotatable bonds is 11. The van der Waals surface area contributed by atoms with E-state index in [1.807, 2.05) is 13.0 Å². The van der Waals surface area contributed by atoms with E-state index in [2.05, 4.69) is 84.0 Å². The molecule has 0 bridgehead atoms. The molecule has 0 aromatic heterocycles. The minimum Gasteiger partial charge on any atom is -0.491 e. The number of guanidine groups is 1. The third-order valence-electron chi connectivity index (χ3n) is 4.85. The smallest absolute Gasteiger partial charge is 0.191 e. The Morgan fingerprint density at radius 2 is 1.81 bits per heavy atom. The fourth-order valence-corrected chi connectivity index (χ4v) is 3.16. The minimum atomic E-state index is 0. The van der Waals surface area contributed by atoms with Gasteiger partial charge in [-0.2, -0.15) is 0 Å². The molecule has 7 heteroatoms. The van der Waals surface area contributed by atoms with Gasteiger partial charge in [0.25, 0.3) is 0 Å². The van der Waals surface area contributed by atoms with Gasteiger partial charge in [-0.25, -0.2) is 0 Å². The van der Waals surface area contributed by atoms with Crippen molar-refractivity contribution < 1.29 is 9.47 Å². The lowest BCUT2D eigenvalue weighted by atomic mass is 10.1. The molecular weight excluding hydrogens is 503 g/mol. The maximum atomic E-state index is 5.94. The first-order chi connectivity index (χ1) is 14.5. The maximum absolute atomic E-state index is 5.94. The van der Waals surface area contributed by atoms with Crippen molar-refractivity contribution in [3.63, 3.8) is 0 Å². The monoisotopic (exact) mass is 540 g/mol. The Labute approximate surface area is 204 Å². The van der Waals surface area contributed by atoms with E-state index in [-0.39, 0.29) is 30.0 Å². The molecule has 2 aromatic carbocycles. The first-order valence-corrected chi connectivity index (χ1v) is 10.5. The van der Waals surface area contributed by atoms with E-state index in [1.54, 1.807) is 7.05 Å². The van der Waals surface area contributed by atoms with Crippen LogP contribution in [0.5, 0.6) is 5.75 Å². The zero-order valence-electron chi connectivity index (χ0n) is 19.4. The minimum absolute atomic E-state index is 0. The van der Waals surface area contributed by atoms with Crippen LogP contribution < -0.4 is 15.4 Å². The van der Waals surface area contributed by atoms with Gasteiger partial charge in [0.2, 0.25) is 0 Å². The van der Waals surface area contributed by atoms with Crippen molar-refractivity contribution in [1.82, 2.24) is 15.5 Å². The summed E-state index contributed by atoms with van der Waals surface area (Å²) >= 11 is 0. The van der Waals surface area contributed by atoms with Gasteiger partial charge in [0.1, 0.15) is 12.4 Å². The van der Waals surface area contributed by atoms with Gasteiger partial charge < -0.3 is 25.0 Å². The van der Waals surface area contributed by atoms with Crippen LogP contribution in [-0.2, 0) is 11.3 Å². The molecule has 2 rings (SSSR count). The van der Waals surface area contributed by atoms with Crippen molar-refractivity contribution in [2.45, 2.75) is 26.4 Å². The molecule has 1 unspecified atom stereocenters. The summed E-state index contributed by atoms with van der Waals surface area (Å²) < 4.78 is 11.3. The number of nitrogens with one attached hydrogen (secondary N) is 2. The molecule has 0 fully saturated rings. The summed E-state index contributed by atoms with van der Waals surface area (Å²) in [5, 5.41) is 6.85. The molecule has 0 saturated heterocycles. The molecule has 31 heavy (non-hydrogen) atoms. The Morgan fingerprint density at radius 1 is 1.06 bits per heavy atom. The summed E-state index contributed by atoms with van der Waals surface area (Å²) in [7, 11) is 5.97. The molecule has 0 radical (unpaired) electrons. The molecule has 0 amide bonds. The number of halogens is 1. The van der Waals surface area contributed by atoms with Crippen LogP contribution in [0.1, 0.15) is 29.7 Å². The van der Waals surface area contributed by atoms with E-state index in [1.165, 1.54) is 11.1 Å². The number of benzene rings is 2. The van der Waals surface area contributed by atoms with Gasteiger partial charge in [-0.1, -0.05) is 42.5 Å². The van der Waals surface area contributed by atoms with Crippen molar-refractivity contribution >= 4 is 29.9 Å². The van der Waals surface area contributed by atoms with Crippen molar-refractivity contribution in [2.75, 3.05) is 47.5 Å². The molecule has 172 valence electrons. The molecule has 0 saturated carbocycles. The second-order valence-electron chi connectivity index (χ2n) is 7.35. The highest BCUT2D eigenvalue weighted by atomic mass is 127. The number of ether oxygens (including phenoxy) is 2. The highest BCUT2D eigenvalue weighted by Crippen LogP contribution is 2.20. The number of nitrogens with zero attached hydrogens (tertiary/aromatic N) is 2. The third-order valence-corrected chi connectivity index (χ3v) is 4.85. The standard InChI is InChI=1S/C24H36N4O2.HI/c1-6-29-14-15-30-23-16-19(2)12-13-21(23)17-26-24(25-3)27-18-22(28(4)5)20-10-8-7-9-11-20;/h7-13,16,22H,6,14-15,17-18H2,1-5H3,(H2,25,26,27);1H. The van der Waals surface area contributed by atoms with Crippen molar-refractivity contribution in [3.8, 4) is 5.75 Å². The van der Waals surface area contributed by atoms with Crippen LogP contribution >= 0.6 is 24.0 Å². The predicted molar refractivity (Wildman–Crippen MR) is 140 cm³/mol. The summed E-state index contributed by atoms with van der Waals surface area (Å²) in [5.41, 5.74) is 3.53. The van der Waals surface area contributed by atoms with E-state index in [0.29, 0.717) is 26.4 Å². The van der Waals surface area contributed by atoms with Crippen LogP contribution in [0.4, 0.5) is 0 Å². The van der Waals surface area contributed by atoms with Crippen LogP contribution in [0.25, 0.3) is 0 Å². The van der Waals surface area contributed by atoms with Crippen LogP contribution in [0.3, 0.4) is 0 Å². The lowest BCUT2D eigenvalue weighted by Gasteiger charge is -2.26. The first-order valence-electron chi connectivity index (χ1n) is 10.5. The molecular formula is C24H37IN4O2. The average molecular weight is 540 g/mol. The highest BCUT2D eigenvalue weighted by Gasteiger charge is 2.14. The summed E-state index contributed by atoms with van der Waals surface area (Å²) in [4.78, 5) is 6.59. The van der Waals surface area contributed by atoms with E-state index in [9.17, 15) is 0 Å². The Morgan fingerprint density at radius 3 is 2.45 bits per heavy atom. The maximum Gasteiger partial charge on any atom is 0.191 e. The van der Waals surface area contributed by atoms with Gasteiger partial charge in [0, 0.05) is 32.3 Å². The van der Waals surface area contributed by atoms with Gasteiger partial charge in [-0.15, -0.1) is 24.0 Å². The number of likely N-dealkylation sites (N-methyl/N-ethyl adjacent to an activating group) is 1. The highest BCUT2D eigenvalue weighted by molar-refractivity contribution is 14.0. The molecule has 1 atom stereocenters. The van der Waals surface area contributed by atoms with Crippen LogP contribution in [-0.4, -0.2) is 58.4 Å². The van der Waals surface area contributed by atoms with Gasteiger partial charge in [0.15, 0.2) is 5.96 Å². The largest absolute Gasteiger partial charge is 0.491 e. The van der Waals surface area contributed by atoms with Crippen LogP contribution in [0, 0.1) is 6.92 Å². The fourth-order valence-electron chi connectivity index (χ4n) is 3.16. The van der Waals surface area contributed by atoms with Crippen LogP contribution in [0.15, 0.2) is 53.5 Å². The number of aryl methyl sites for hydroxylation is 1. The summed E-state index contributed by atoms with van der Waals surface area (Å²) in [6.45, 7) is 7.26. The molecule has 0 aliphatic heterocycles. The summed E-state index contributed by atoms with van der Waals surface area (Å²) in [6, 6.07) is 17.0. The van der Waals surface area contributed by atoms with Crippen LogP contribution in [0.2, 0.25) is 0 Å². The molecule has 2 aromatic rings. The SMILES string of the molecule is CCOCCOc1cc(C)ccc1CNC(=NC)NCC(c1ccccc1)N(C)C.I. The zero-order chi connectivity index (χ0) is 21.8. The van der Waals surface area contributed by atoms with Crippen molar-refractivity contribution in [2.24, 2.45) is 4.99 Å². The fraction of sp³-hybridized carbons (Fsp3) is 0.458. The Hall–Kier alpha value is -1.84. The van der Waals surface area contributed by atoms with Gasteiger partial charge in [-0.05, 0) is 45.1 Å². The lowest BCUT2D eigenvalue weighted by Crippen LogP contribution is -2.41. The van der Waals surface area contributed by atoms with E-state index in [4.69, 9.17) is 9.47 Å². The zero-order valence-corrected chi connectivity index (χ0v) is 21.7. The predicted octanol–water partition coefficient (Wildman–Crippen LogP) is 4.00. The molecule has 0 aliphatic carbocycles. The molecule has 0 spiro atoms. The summed E-state index contributed by atoms with van der Waals surface area (Å²) in [5.74, 6) is 1.65. The van der Waals surface area contributed by atoms with E-state index >= 15 is 0 Å². The Kier molecular flexibility index (Phi) is 13.2. The average Bonchev–Trinajstić information content (AvgIpc) is 2.75.